The van der Waals surface area contributed by atoms with Crippen LogP contribution in [0.15, 0.2) is 27.8 Å². The third-order valence-electron chi connectivity index (χ3n) is 4.13. The van der Waals surface area contributed by atoms with Crippen molar-refractivity contribution in [1.82, 2.24) is 9.55 Å². The van der Waals surface area contributed by atoms with E-state index < -0.39 is 29.6 Å². The van der Waals surface area contributed by atoms with Crippen molar-refractivity contribution in [3.63, 3.8) is 0 Å². The quantitative estimate of drug-likeness (QED) is 0.655. The first-order chi connectivity index (χ1) is 14.0. The van der Waals surface area contributed by atoms with Gasteiger partial charge in [0, 0.05) is 13.1 Å². The molecule has 164 valence electrons. The molecule has 8 nitrogen and oxygen atoms in total. The lowest BCUT2D eigenvalue weighted by Crippen LogP contribution is -2.44. The maximum atomic E-state index is 13.2. The highest BCUT2D eigenvalue weighted by molar-refractivity contribution is 6.32. The predicted octanol–water partition coefficient (Wildman–Crippen LogP) is 2.64. The minimum Gasteiger partial charge on any atom is -0.482 e. The van der Waals surface area contributed by atoms with Gasteiger partial charge in [-0.05, 0) is 30.0 Å². The number of rotatable bonds is 8. The van der Waals surface area contributed by atoms with Crippen LogP contribution < -0.4 is 26.6 Å². The molecule has 0 fully saturated rings. The number of aromatic nitrogens is 2. The van der Waals surface area contributed by atoms with Crippen LogP contribution in [-0.4, -0.2) is 28.6 Å². The second-order valence-electron chi connectivity index (χ2n) is 7.76. The number of benzene rings is 1. The summed E-state index contributed by atoms with van der Waals surface area (Å²) >= 11 is 5.93. The number of hydrogen-bond donors (Lipinski definition) is 2. The molecule has 2 aromatic rings. The van der Waals surface area contributed by atoms with Crippen molar-refractivity contribution in [3.8, 4) is 5.75 Å². The van der Waals surface area contributed by atoms with Crippen LogP contribution in [-0.2, 0) is 11.3 Å². The average Bonchev–Trinajstić information content (AvgIpc) is 2.62. The van der Waals surface area contributed by atoms with E-state index in [1.165, 1.54) is 15.5 Å². The maximum Gasteiger partial charge on any atom is 0.330 e. The summed E-state index contributed by atoms with van der Waals surface area (Å²) in [6, 6.07) is 3.53. The van der Waals surface area contributed by atoms with E-state index in [1.807, 2.05) is 27.7 Å². The molecule has 0 unspecified atom stereocenters. The van der Waals surface area contributed by atoms with Crippen LogP contribution in [0.25, 0.3) is 0 Å². The number of nitrogen functional groups attached to an aromatic ring is 1. The molecule has 0 spiro atoms. The van der Waals surface area contributed by atoms with Crippen LogP contribution in [0.1, 0.15) is 27.7 Å². The van der Waals surface area contributed by atoms with Crippen LogP contribution >= 0.6 is 11.6 Å². The van der Waals surface area contributed by atoms with Gasteiger partial charge in [-0.1, -0.05) is 39.3 Å². The van der Waals surface area contributed by atoms with Gasteiger partial charge in [0.1, 0.15) is 17.4 Å². The first-order valence-electron chi connectivity index (χ1n) is 9.52. The molecule has 1 amide bonds. The van der Waals surface area contributed by atoms with Gasteiger partial charge in [-0.3, -0.25) is 19.1 Å². The van der Waals surface area contributed by atoms with E-state index in [0.717, 1.165) is 12.1 Å². The van der Waals surface area contributed by atoms with Crippen molar-refractivity contribution in [2.45, 2.75) is 34.2 Å². The van der Waals surface area contributed by atoms with E-state index in [1.54, 1.807) is 0 Å². The number of hydrogen-bond acceptors (Lipinski definition) is 5. The number of carbonyl (C=O) groups excluding carboxylic acids is 1. The molecular weight excluding hydrogens is 415 g/mol. The number of nitrogens with zero attached hydrogens (tertiary/aromatic N) is 2. The summed E-state index contributed by atoms with van der Waals surface area (Å²) in [7, 11) is 0. The summed E-state index contributed by atoms with van der Waals surface area (Å²) < 4.78 is 19.9. The number of carbonyl (C=O) groups is 1. The number of aromatic amines is 1. The number of nitrogens with two attached hydrogens (primary N) is 1. The minimum atomic E-state index is -0.758. The molecule has 0 aliphatic heterocycles. The molecule has 1 aromatic heterocycles. The zero-order chi connectivity index (χ0) is 22.6. The van der Waals surface area contributed by atoms with E-state index in [2.05, 4.69) is 4.98 Å². The van der Waals surface area contributed by atoms with E-state index in [4.69, 9.17) is 22.1 Å². The highest BCUT2D eigenvalue weighted by atomic mass is 35.5. The largest absolute Gasteiger partial charge is 0.482 e. The van der Waals surface area contributed by atoms with Crippen molar-refractivity contribution in [2.24, 2.45) is 11.8 Å². The number of H-pyrrole nitrogens is 1. The van der Waals surface area contributed by atoms with Crippen LogP contribution in [0.4, 0.5) is 15.9 Å². The Labute approximate surface area is 178 Å². The Bertz CT molecular complexity index is 1030. The zero-order valence-corrected chi connectivity index (χ0v) is 18.1. The molecule has 10 heteroatoms. The summed E-state index contributed by atoms with van der Waals surface area (Å²) in [5.41, 5.74) is 4.64. The number of ether oxygens (including phenoxy) is 1. The smallest absolute Gasteiger partial charge is 0.330 e. The van der Waals surface area contributed by atoms with Gasteiger partial charge < -0.3 is 15.4 Å². The summed E-state index contributed by atoms with van der Waals surface area (Å²) in [4.78, 5) is 41.1. The minimum absolute atomic E-state index is 0.00682. The molecule has 0 atom stereocenters. The average molecular weight is 441 g/mol. The summed E-state index contributed by atoms with van der Waals surface area (Å²) in [6.07, 6.45) is 0. The van der Waals surface area contributed by atoms with Gasteiger partial charge in [-0.15, -0.1) is 0 Å². The Morgan fingerprint density at radius 3 is 2.50 bits per heavy atom. The SMILES string of the molecule is CC(C)CN(C(=O)COc1ccc(F)cc1Cl)c1c(N)n(CC(C)C)c(=O)[nH]c1=O. The normalized spacial score (nSPS) is 11.2. The Morgan fingerprint density at radius 1 is 1.27 bits per heavy atom. The third-order valence-corrected chi connectivity index (χ3v) is 4.42. The lowest BCUT2D eigenvalue weighted by Gasteiger charge is -2.26. The lowest BCUT2D eigenvalue weighted by atomic mass is 10.2. The topological polar surface area (TPSA) is 110 Å². The Hall–Kier alpha value is -2.81. The first kappa shape index (κ1) is 23.5. The first-order valence-corrected chi connectivity index (χ1v) is 9.89. The highest BCUT2D eigenvalue weighted by Crippen LogP contribution is 2.25. The van der Waals surface area contributed by atoms with Crippen molar-refractivity contribution in [3.05, 3.63) is 49.9 Å². The Kier molecular flexibility index (Phi) is 7.66. The van der Waals surface area contributed by atoms with Crippen LogP contribution in [0.3, 0.4) is 0 Å². The van der Waals surface area contributed by atoms with E-state index in [0.29, 0.717) is 0 Å². The number of anilines is 2. The number of amides is 1. The van der Waals surface area contributed by atoms with E-state index >= 15 is 0 Å². The van der Waals surface area contributed by atoms with Crippen LogP contribution in [0, 0.1) is 17.7 Å². The second kappa shape index (κ2) is 9.80. The molecular formula is C20H26ClFN4O4. The second-order valence-corrected chi connectivity index (χ2v) is 8.17. The number of nitrogens with one attached hydrogen (secondary N) is 1. The van der Waals surface area contributed by atoms with Crippen molar-refractivity contribution in [2.75, 3.05) is 23.8 Å². The third kappa shape index (κ3) is 5.63. The molecule has 1 aromatic carbocycles. The van der Waals surface area contributed by atoms with Gasteiger partial charge in [-0.25, -0.2) is 9.18 Å². The van der Waals surface area contributed by atoms with Gasteiger partial charge in [0.05, 0.1) is 5.02 Å². The predicted molar refractivity (Wildman–Crippen MR) is 115 cm³/mol. The monoisotopic (exact) mass is 440 g/mol. The van der Waals surface area contributed by atoms with Crippen LogP contribution in [0.2, 0.25) is 5.02 Å². The molecule has 30 heavy (non-hydrogen) atoms. The standard InChI is InChI=1S/C20H26ClFN4O4/c1-11(2)8-25(16(27)10-30-15-6-5-13(22)7-14(15)21)17-18(23)26(9-12(3)4)20(29)24-19(17)28/h5-7,11-12H,8-10,23H2,1-4H3,(H,24,28,29). The van der Waals surface area contributed by atoms with Gasteiger partial charge in [0.15, 0.2) is 12.3 Å². The fourth-order valence-corrected chi connectivity index (χ4v) is 3.10. The van der Waals surface area contributed by atoms with Crippen LogP contribution in [0.5, 0.6) is 5.75 Å². The zero-order valence-electron chi connectivity index (χ0n) is 17.4. The maximum absolute atomic E-state index is 13.2. The Balaban J connectivity index is 2.40. The van der Waals surface area contributed by atoms with E-state index in [-0.39, 0.29) is 47.2 Å². The molecule has 0 radical (unpaired) electrons. The Morgan fingerprint density at radius 2 is 1.93 bits per heavy atom. The lowest BCUT2D eigenvalue weighted by molar-refractivity contribution is -0.120. The fraction of sp³-hybridized carbons (Fsp3) is 0.450. The summed E-state index contributed by atoms with van der Waals surface area (Å²) in [5, 5.41) is 0.0149. The summed E-state index contributed by atoms with van der Waals surface area (Å²) in [6.45, 7) is 7.52. The number of halogens is 2. The van der Waals surface area contributed by atoms with Gasteiger partial charge >= 0.3 is 5.69 Å². The molecule has 2 rings (SSSR count). The molecule has 1 heterocycles. The molecule has 0 saturated heterocycles. The van der Waals surface area contributed by atoms with Gasteiger partial charge in [0.2, 0.25) is 0 Å². The van der Waals surface area contributed by atoms with Crippen molar-refractivity contribution < 1.29 is 13.9 Å². The van der Waals surface area contributed by atoms with Crippen molar-refractivity contribution >= 4 is 29.0 Å². The summed E-state index contributed by atoms with van der Waals surface area (Å²) in [5.74, 6) is -0.980. The molecule has 0 saturated carbocycles. The fourth-order valence-electron chi connectivity index (χ4n) is 2.88. The molecule has 0 bridgehead atoms. The van der Waals surface area contributed by atoms with E-state index in [9.17, 15) is 18.8 Å². The molecule has 3 N–H and O–H groups in total. The molecule has 0 aliphatic carbocycles. The van der Waals surface area contributed by atoms with Gasteiger partial charge in [-0.2, -0.15) is 0 Å². The highest BCUT2D eigenvalue weighted by Gasteiger charge is 2.25. The van der Waals surface area contributed by atoms with Crippen molar-refractivity contribution in [1.29, 1.82) is 0 Å². The molecule has 0 aliphatic rings. The van der Waals surface area contributed by atoms with Gasteiger partial charge in [0.25, 0.3) is 11.5 Å².